The summed E-state index contributed by atoms with van der Waals surface area (Å²) in [6.07, 6.45) is 10.8. The molecule has 0 saturated carbocycles. The lowest BCUT2D eigenvalue weighted by molar-refractivity contribution is -0.112. The maximum Gasteiger partial charge on any atom is 0.257 e. The number of likely N-dealkylation sites (tertiary alicyclic amines) is 1. The molecular formula is C22H24ClN5O3. The number of hydrogen-bond acceptors (Lipinski definition) is 6. The van der Waals surface area contributed by atoms with Gasteiger partial charge in [-0.05, 0) is 44.2 Å². The smallest absolute Gasteiger partial charge is 0.257 e. The van der Waals surface area contributed by atoms with Gasteiger partial charge in [0.15, 0.2) is 5.06 Å². The Labute approximate surface area is 185 Å². The number of aromatic nitrogens is 2. The Bertz CT molecular complexity index is 963. The molecule has 0 radical (unpaired) electrons. The number of anilines is 1. The van der Waals surface area contributed by atoms with E-state index < -0.39 is 5.06 Å². The maximum absolute atomic E-state index is 12.8. The molecule has 1 aliphatic rings. The van der Waals surface area contributed by atoms with Crippen molar-refractivity contribution in [3.8, 4) is 5.75 Å². The molecular weight excluding hydrogens is 418 g/mol. The molecule has 3 rings (SSSR count). The number of β-amino-alcohol motifs (C(OH)–C–C–N with tert-alkyl or cyclic N) is 1. The highest BCUT2D eigenvalue weighted by Crippen LogP contribution is 2.23. The number of ether oxygens (including phenoxy) is 1. The first-order chi connectivity index (χ1) is 14.8. The fourth-order valence-electron chi connectivity index (χ4n) is 2.64. The maximum atomic E-state index is 12.8. The molecule has 0 aliphatic carbocycles. The Morgan fingerprint density at radius 3 is 2.58 bits per heavy atom. The average Bonchev–Trinajstić information content (AvgIpc) is 2.70. The molecule has 2 heterocycles. The number of carbonyl (C=O) groups is 1. The quantitative estimate of drug-likeness (QED) is 0.215. The molecule has 162 valence electrons. The van der Waals surface area contributed by atoms with E-state index in [0.717, 1.165) is 5.56 Å². The predicted octanol–water partition coefficient (Wildman–Crippen LogP) is 3.07. The molecule has 0 bridgehead atoms. The van der Waals surface area contributed by atoms with E-state index in [1.165, 1.54) is 12.5 Å². The number of nitrogens with one attached hydrogen (secondary N) is 1. The second kappa shape index (κ2) is 10.2. The highest BCUT2D eigenvalue weighted by molar-refractivity contribution is 6.22. The van der Waals surface area contributed by atoms with E-state index in [1.807, 2.05) is 4.90 Å². The van der Waals surface area contributed by atoms with E-state index in [0.29, 0.717) is 30.1 Å². The lowest BCUT2D eigenvalue weighted by Crippen LogP contribution is -2.49. The molecule has 0 spiro atoms. The Morgan fingerprint density at radius 1 is 1.29 bits per heavy atom. The van der Waals surface area contributed by atoms with Gasteiger partial charge in [0, 0.05) is 42.9 Å². The van der Waals surface area contributed by atoms with Crippen LogP contribution in [-0.2, 0) is 4.79 Å². The molecule has 1 amide bonds. The van der Waals surface area contributed by atoms with Gasteiger partial charge in [0.05, 0.1) is 18.0 Å². The van der Waals surface area contributed by atoms with Gasteiger partial charge in [0.1, 0.15) is 12.1 Å². The van der Waals surface area contributed by atoms with Gasteiger partial charge < -0.3 is 20.1 Å². The summed E-state index contributed by atoms with van der Waals surface area (Å²) in [7, 11) is 0. The third-order valence-electron chi connectivity index (χ3n) is 4.10. The van der Waals surface area contributed by atoms with Crippen molar-refractivity contribution >= 4 is 35.6 Å². The third-order valence-corrected chi connectivity index (χ3v) is 4.18. The molecule has 1 aliphatic heterocycles. The van der Waals surface area contributed by atoms with Gasteiger partial charge in [0.2, 0.25) is 0 Å². The number of rotatable bonds is 8. The van der Waals surface area contributed by atoms with Crippen molar-refractivity contribution in [1.29, 1.82) is 0 Å². The van der Waals surface area contributed by atoms with Gasteiger partial charge in [0.25, 0.3) is 5.91 Å². The van der Waals surface area contributed by atoms with Crippen molar-refractivity contribution in [2.45, 2.75) is 25.0 Å². The minimum Gasteiger partial charge on any atom is -0.473 e. The summed E-state index contributed by atoms with van der Waals surface area (Å²) >= 11 is 6.07. The number of aliphatic hydroxyl groups is 1. The summed E-state index contributed by atoms with van der Waals surface area (Å²) in [5.74, 6) is 0.263. The van der Waals surface area contributed by atoms with Crippen LogP contribution in [0.5, 0.6) is 5.75 Å². The lowest BCUT2D eigenvalue weighted by atomic mass is 10.2. The number of aliphatic hydroxyl groups excluding tert-OH is 1. The van der Waals surface area contributed by atoms with Crippen LogP contribution in [0.25, 0.3) is 6.08 Å². The van der Waals surface area contributed by atoms with Crippen LogP contribution in [0.4, 0.5) is 5.69 Å². The molecule has 2 aromatic rings. The van der Waals surface area contributed by atoms with Crippen LogP contribution in [0.1, 0.15) is 19.4 Å². The number of aliphatic imine (C=N–C) groups is 1. The Morgan fingerprint density at radius 2 is 1.97 bits per heavy atom. The first-order valence-corrected chi connectivity index (χ1v) is 10.0. The highest BCUT2D eigenvalue weighted by Gasteiger charge is 2.21. The summed E-state index contributed by atoms with van der Waals surface area (Å²) in [6.45, 7) is 4.55. The average molecular weight is 442 g/mol. The van der Waals surface area contributed by atoms with Crippen LogP contribution in [0, 0.1) is 0 Å². The summed E-state index contributed by atoms with van der Waals surface area (Å²) in [5.41, 5.74) is 1.69. The summed E-state index contributed by atoms with van der Waals surface area (Å²) in [5, 5.41) is 11.4. The van der Waals surface area contributed by atoms with Gasteiger partial charge in [-0.1, -0.05) is 17.7 Å². The van der Waals surface area contributed by atoms with Gasteiger partial charge in [-0.2, -0.15) is 0 Å². The molecule has 1 saturated heterocycles. The van der Waals surface area contributed by atoms with E-state index in [4.69, 9.17) is 16.3 Å². The standard InChI is InChI=1S/C22H24ClN5O3/c1-22(2,23)31-20-7-5-18(6-8-20)27-21(30)17(4-3-16-9-24-14-25-10-16)11-26-15-28-12-19(29)13-28/h3-11,14-15,19,29H,12-13H2,1-2H3,(H,27,30)/b4-3+,17-11+,26-15?. The number of benzene rings is 1. The molecule has 0 atom stereocenters. The number of halogens is 1. The molecule has 1 fully saturated rings. The number of amides is 1. The zero-order valence-electron chi connectivity index (χ0n) is 17.3. The van der Waals surface area contributed by atoms with E-state index >= 15 is 0 Å². The van der Waals surface area contributed by atoms with Crippen LogP contribution >= 0.6 is 11.6 Å². The van der Waals surface area contributed by atoms with Crippen LogP contribution < -0.4 is 10.1 Å². The monoisotopic (exact) mass is 441 g/mol. The second-order valence-corrected chi connectivity index (χ2v) is 8.32. The zero-order valence-corrected chi connectivity index (χ0v) is 18.0. The van der Waals surface area contributed by atoms with E-state index in [2.05, 4.69) is 20.3 Å². The van der Waals surface area contributed by atoms with Crippen LogP contribution in [0.2, 0.25) is 0 Å². The van der Waals surface area contributed by atoms with E-state index in [-0.39, 0.29) is 12.0 Å². The Hall–Kier alpha value is -3.23. The fourth-order valence-corrected chi connectivity index (χ4v) is 2.73. The van der Waals surface area contributed by atoms with Crippen molar-refractivity contribution in [3.63, 3.8) is 0 Å². The minimum absolute atomic E-state index is 0.326. The number of hydrogen-bond donors (Lipinski definition) is 2. The first-order valence-electron chi connectivity index (χ1n) is 9.66. The number of alkyl halides is 1. The SMILES string of the molecule is CC(C)(Cl)Oc1ccc(NC(=O)C(/C=C/c2cncnc2)=C/N=CN2CC(O)C2)cc1. The molecule has 31 heavy (non-hydrogen) atoms. The Balaban J connectivity index is 1.71. The molecule has 1 aromatic heterocycles. The van der Waals surface area contributed by atoms with Crippen molar-refractivity contribution in [2.24, 2.45) is 4.99 Å². The first kappa shape index (κ1) is 22.5. The topological polar surface area (TPSA) is 99.9 Å². The highest BCUT2D eigenvalue weighted by atomic mass is 35.5. The number of nitrogens with zero attached hydrogens (tertiary/aromatic N) is 4. The lowest BCUT2D eigenvalue weighted by Gasteiger charge is -2.33. The molecule has 2 N–H and O–H groups in total. The zero-order chi connectivity index (χ0) is 22.3. The molecule has 9 heteroatoms. The van der Waals surface area contributed by atoms with Crippen LogP contribution in [0.15, 0.2) is 65.8 Å². The summed E-state index contributed by atoms with van der Waals surface area (Å²) < 4.78 is 5.57. The summed E-state index contributed by atoms with van der Waals surface area (Å²) in [6, 6.07) is 6.92. The molecule has 0 unspecified atom stereocenters. The van der Waals surface area contributed by atoms with Crippen molar-refractivity contribution in [3.05, 3.63) is 66.4 Å². The molecule has 8 nitrogen and oxygen atoms in total. The van der Waals surface area contributed by atoms with Gasteiger partial charge in [-0.3, -0.25) is 4.79 Å². The second-order valence-electron chi connectivity index (χ2n) is 7.41. The predicted molar refractivity (Wildman–Crippen MR) is 121 cm³/mol. The third kappa shape index (κ3) is 7.51. The largest absolute Gasteiger partial charge is 0.473 e. The fraction of sp³-hybridized carbons (Fsp3) is 0.273. The van der Waals surface area contributed by atoms with Gasteiger partial charge in [-0.25, -0.2) is 15.0 Å². The van der Waals surface area contributed by atoms with Gasteiger partial charge in [-0.15, -0.1) is 0 Å². The van der Waals surface area contributed by atoms with E-state index in [9.17, 15) is 9.90 Å². The van der Waals surface area contributed by atoms with Crippen LogP contribution in [-0.4, -0.2) is 56.5 Å². The van der Waals surface area contributed by atoms with Crippen molar-refractivity contribution in [1.82, 2.24) is 14.9 Å². The van der Waals surface area contributed by atoms with Gasteiger partial charge >= 0.3 is 0 Å². The van der Waals surface area contributed by atoms with Crippen LogP contribution in [0.3, 0.4) is 0 Å². The molecule has 1 aromatic carbocycles. The Kier molecular flexibility index (Phi) is 7.38. The van der Waals surface area contributed by atoms with Crippen molar-refractivity contribution < 1.29 is 14.6 Å². The summed E-state index contributed by atoms with van der Waals surface area (Å²) in [4.78, 5) is 26.8. The van der Waals surface area contributed by atoms with E-state index in [1.54, 1.807) is 69.0 Å². The normalized spacial score (nSPS) is 15.4. The van der Waals surface area contributed by atoms with Crippen molar-refractivity contribution in [2.75, 3.05) is 18.4 Å². The number of carbonyl (C=O) groups excluding carboxylic acids is 1. The minimum atomic E-state index is -0.822.